The van der Waals surface area contributed by atoms with E-state index in [1.807, 2.05) is 51.2 Å². The van der Waals surface area contributed by atoms with Crippen molar-refractivity contribution in [1.82, 2.24) is 4.90 Å². The fraction of sp³-hybridized carbons (Fsp3) is 0.417. The van der Waals surface area contributed by atoms with Gasteiger partial charge in [0.2, 0.25) is 5.91 Å². The van der Waals surface area contributed by atoms with Gasteiger partial charge in [0.1, 0.15) is 0 Å². The maximum atomic E-state index is 11.7. The molecule has 1 rings (SSSR count). The molecule has 1 amide bonds. The van der Waals surface area contributed by atoms with Gasteiger partial charge >= 0.3 is 0 Å². The fourth-order valence-electron chi connectivity index (χ4n) is 1.43. The van der Waals surface area contributed by atoms with Gasteiger partial charge in [0, 0.05) is 7.05 Å². The Morgan fingerprint density at radius 3 is 2.27 bits per heavy atom. The topological polar surface area (TPSA) is 20.3 Å². The number of amides is 1. The van der Waals surface area contributed by atoms with E-state index in [9.17, 15) is 4.79 Å². The number of carbonyl (C=O) groups is 1. The van der Waals surface area contributed by atoms with Crippen LogP contribution >= 0.6 is 15.9 Å². The Morgan fingerprint density at radius 1 is 1.27 bits per heavy atom. The first-order valence-corrected chi connectivity index (χ1v) is 5.91. The number of carbonyl (C=O) groups excluding carboxylic acids is 1. The Balaban J connectivity index is 2.77. The minimum atomic E-state index is -0.131. The van der Waals surface area contributed by atoms with Crippen LogP contribution in [0.1, 0.15) is 25.5 Å². The van der Waals surface area contributed by atoms with Crippen molar-refractivity contribution in [2.24, 2.45) is 0 Å². The lowest BCUT2D eigenvalue weighted by molar-refractivity contribution is -0.130. The van der Waals surface area contributed by atoms with Gasteiger partial charge in [-0.25, -0.2) is 0 Å². The smallest absolute Gasteiger partial charge is 0.236 e. The highest BCUT2D eigenvalue weighted by Crippen LogP contribution is 2.19. The van der Waals surface area contributed by atoms with Crippen molar-refractivity contribution >= 4 is 21.8 Å². The zero-order valence-electron chi connectivity index (χ0n) is 9.27. The summed E-state index contributed by atoms with van der Waals surface area (Å²) in [6.45, 7) is 3.87. The maximum Gasteiger partial charge on any atom is 0.236 e. The second-order valence-corrected chi connectivity index (χ2v) is 5.03. The van der Waals surface area contributed by atoms with E-state index < -0.39 is 0 Å². The summed E-state index contributed by atoms with van der Waals surface area (Å²) in [6.07, 6.45) is 0. The lowest BCUT2D eigenvalue weighted by atomic mass is 10.1. The van der Waals surface area contributed by atoms with Gasteiger partial charge in [-0.15, -0.1) is 0 Å². The Hall–Kier alpha value is -0.830. The number of halogens is 1. The molecule has 0 aliphatic heterocycles. The Kier molecular flexibility index (Phi) is 4.33. The minimum Gasteiger partial charge on any atom is -0.338 e. The van der Waals surface area contributed by atoms with Crippen LogP contribution < -0.4 is 0 Å². The molecule has 3 heteroatoms. The summed E-state index contributed by atoms with van der Waals surface area (Å²) in [4.78, 5) is 13.4. The highest BCUT2D eigenvalue weighted by Gasteiger charge is 2.20. The van der Waals surface area contributed by atoms with E-state index in [-0.39, 0.29) is 16.8 Å². The van der Waals surface area contributed by atoms with Crippen LogP contribution in [0.5, 0.6) is 0 Å². The molecule has 82 valence electrons. The summed E-state index contributed by atoms with van der Waals surface area (Å²) >= 11 is 3.29. The molecule has 0 heterocycles. The molecule has 0 radical (unpaired) electrons. The van der Waals surface area contributed by atoms with Crippen LogP contribution in [0.15, 0.2) is 30.3 Å². The van der Waals surface area contributed by atoms with E-state index in [2.05, 4.69) is 15.9 Å². The van der Waals surface area contributed by atoms with Crippen LogP contribution in [-0.4, -0.2) is 22.7 Å². The second-order valence-electron chi connectivity index (χ2n) is 3.65. The van der Waals surface area contributed by atoms with Crippen LogP contribution in [-0.2, 0) is 4.79 Å². The van der Waals surface area contributed by atoms with Crippen molar-refractivity contribution in [2.75, 3.05) is 7.05 Å². The number of alkyl halides is 1. The Bertz CT molecular complexity index is 324. The Labute approximate surface area is 99.4 Å². The summed E-state index contributed by atoms with van der Waals surface area (Å²) in [6, 6.07) is 10.1. The fourth-order valence-corrected chi connectivity index (χ4v) is 1.75. The third-order valence-electron chi connectivity index (χ3n) is 2.55. The predicted octanol–water partition coefficient (Wildman–Crippen LogP) is 2.99. The van der Waals surface area contributed by atoms with Crippen LogP contribution in [0.3, 0.4) is 0 Å². The third kappa shape index (κ3) is 3.06. The van der Waals surface area contributed by atoms with Gasteiger partial charge in [0.25, 0.3) is 0 Å². The van der Waals surface area contributed by atoms with Crippen molar-refractivity contribution in [3.05, 3.63) is 35.9 Å². The van der Waals surface area contributed by atoms with Crippen molar-refractivity contribution in [2.45, 2.75) is 24.7 Å². The van der Waals surface area contributed by atoms with Gasteiger partial charge in [-0.3, -0.25) is 4.79 Å². The summed E-state index contributed by atoms with van der Waals surface area (Å²) in [7, 11) is 1.83. The molecular formula is C12H16BrNO. The SMILES string of the molecule is CC(Br)C(=O)N(C)C(C)c1ccccc1. The molecule has 0 aromatic heterocycles. The first-order valence-electron chi connectivity index (χ1n) is 4.99. The molecule has 0 saturated carbocycles. The maximum absolute atomic E-state index is 11.7. The quantitative estimate of drug-likeness (QED) is 0.773. The summed E-state index contributed by atoms with van der Waals surface area (Å²) in [5, 5.41) is 0. The molecule has 0 N–H and O–H groups in total. The van der Waals surface area contributed by atoms with Crippen LogP contribution in [0.25, 0.3) is 0 Å². The molecule has 2 atom stereocenters. The zero-order valence-corrected chi connectivity index (χ0v) is 10.9. The van der Waals surface area contributed by atoms with Crippen LogP contribution in [0.2, 0.25) is 0 Å². The third-order valence-corrected chi connectivity index (χ3v) is 2.94. The van der Waals surface area contributed by atoms with E-state index in [0.29, 0.717) is 0 Å². The van der Waals surface area contributed by atoms with E-state index in [4.69, 9.17) is 0 Å². The standard InChI is InChI=1S/C12H16BrNO/c1-9(13)12(15)14(3)10(2)11-7-5-4-6-8-11/h4-10H,1-3H3. The average molecular weight is 270 g/mol. The van der Waals surface area contributed by atoms with Gasteiger partial charge in [-0.2, -0.15) is 0 Å². The molecule has 0 spiro atoms. The van der Waals surface area contributed by atoms with Gasteiger partial charge in [-0.05, 0) is 19.4 Å². The van der Waals surface area contributed by atoms with E-state index in [1.54, 1.807) is 4.90 Å². The monoisotopic (exact) mass is 269 g/mol. The largest absolute Gasteiger partial charge is 0.338 e. The molecule has 1 aromatic carbocycles. The van der Waals surface area contributed by atoms with Crippen LogP contribution in [0, 0.1) is 0 Å². The molecule has 0 bridgehead atoms. The summed E-state index contributed by atoms with van der Waals surface area (Å²) in [5.74, 6) is 0.103. The lowest BCUT2D eigenvalue weighted by Gasteiger charge is -2.26. The van der Waals surface area contributed by atoms with Gasteiger partial charge in [0.05, 0.1) is 10.9 Å². The number of hydrogen-bond acceptors (Lipinski definition) is 1. The summed E-state index contributed by atoms with van der Waals surface area (Å²) < 4.78 is 0. The van der Waals surface area contributed by atoms with Gasteiger partial charge < -0.3 is 4.90 Å². The second kappa shape index (κ2) is 5.31. The average Bonchev–Trinajstić information content (AvgIpc) is 2.27. The molecule has 0 aliphatic carbocycles. The van der Waals surface area contributed by atoms with E-state index in [0.717, 1.165) is 5.56 Å². The van der Waals surface area contributed by atoms with Crippen molar-refractivity contribution < 1.29 is 4.79 Å². The summed E-state index contributed by atoms with van der Waals surface area (Å²) in [5.41, 5.74) is 1.15. The first-order chi connectivity index (χ1) is 7.04. The molecular weight excluding hydrogens is 254 g/mol. The van der Waals surface area contributed by atoms with Gasteiger partial charge in [-0.1, -0.05) is 46.3 Å². The van der Waals surface area contributed by atoms with Crippen LogP contribution in [0.4, 0.5) is 0 Å². The minimum absolute atomic E-state index is 0.103. The highest BCUT2D eigenvalue weighted by molar-refractivity contribution is 9.10. The molecule has 0 saturated heterocycles. The molecule has 2 nitrogen and oxygen atoms in total. The van der Waals surface area contributed by atoms with E-state index in [1.165, 1.54) is 0 Å². The van der Waals surface area contributed by atoms with Crippen molar-refractivity contribution in [1.29, 1.82) is 0 Å². The molecule has 1 aromatic rings. The highest BCUT2D eigenvalue weighted by atomic mass is 79.9. The Morgan fingerprint density at radius 2 is 1.80 bits per heavy atom. The number of rotatable bonds is 3. The molecule has 2 unspecified atom stereocenters. The number of nitrogens with zero attached hydrogens (tertiary/aromatic N) is 1. The molecule has 0 aliphatic rings. The van der Waals surface area contributed by atoms with Crippen molar-refractivity contribution in [3.63, 3.8) is 0 Å². The number of hydrogen-bond donors (Lipinski definition) is 0. The lowest BCUT2D eigenvalue weighted by Crippen LogP contribution is -2.34. The first kappa shape index (κ1) is 12.2. The molecule has 15 heavy (non-hydrogen) atoms. The van der Waals surface area contributed by atoms with E-state index >= 15 is 0 Å². The normalized spacial score (nSPS) is 14.4. The predicted molar refractivity (Wildman–Crippen MR) is 66.0 cm³/mol. The van der Waals surface area contributed by atoms with Gasteiger partial charge in [0.15, 0.2) is 0 Å². The zero-order chi connectivity index (χ0) is 11.4. The number of benzene rings is 1. The van der Waals surface area contributed by atoms with Crippen molar-refractivity contribution in [3.8, 4) is 0 Å². The molecule has 0 fully saturated rings.